The maximum atomic E-state index is 12.4. The number of aromatic carboxylic acids is 1. The van der Waals surface area contributed by atoms with Crippen LogP contribution in [0.25, 0.3) is 0 Å². The third-order valence-electron chi connectivity index (χ3n) is 3.61. The number of carbonyl (C=O) groups is 2. The Morgan fingerprint density at radius 1 is 1.36 bits per heavy atom. The molecular weight excluding hydrogens is 340 g/mol. The molecule has 1 aliphatic rings. The minimum Gasteiger partial charge on any atom is -0.477 e. The van der Waals surface area contributed by atoms with E-state index in [9.17, 15) is 14.7 Å². The van der Waals surface area contributed by atoms with Gasteiger partial charge in [-0.3, -0.25) is 4.79 Å². The van der Waals surface area contributed by atoms with Gasteiger partial charge in [0, 0.05) is 25.6 Å². The summed E-state index contributed by atoms with van der Waals surface area (Å²) in [5.74, 6) is 5.11. The number of thiophene rings is 1. The molecule has 1 N–H and O–H groups in total. The minimum absolute atomic E-state index is 0.0318. The third-order valence-corrected chi connectivity index (χ3v) is 4.64. The van der Waals surface area contributed by atoms with E-state index in [4.69, 9.17) is 4.74 Å². The third kappa shape index (κ3) is 5.48. The molecule has 0 atom stereocenters. The molecule has 25 heavy (non-hydrogen) atoms. The van der Waals surface area contributed by atoms with E-state index in [1.807, 2.05) is 20.8 Å². The summed E-state index contributed by atoms with van der Waals surface area (Å²) in [7, 11) is 1.73. The smallest absolute Gasteiger partial charge is 0.348 e. The first kappa shape index (κ1) is 19.3. The normalized spacial score (nSPS) is 14.6. The number of morpholine rings is 1. The van der Waals surface area contributed by atoms with Crippen LogP contribution in [0.5, 0.6) is 0 Å². The van der Waals surface area contributed by atoms with Gasteiger partial charge in [0.05, 0.1) is 30.3 Å². The first-order valence-corrected chi connectivity index (χ1v) is 8.96. The molecule has 0 unspecified atom stereocenters. The van der Waals surface area contributed by atoms with Crippen LogP contribution in [-0.2, 0) is 9.53 Å². The number of nitrogens with zero attached hydrogens (tertiary/aromatic N) is 2. The van der Waals surface area contributed by atoms with E-state index in [1.165, 1.54) is 0 Å². The van der Waals surface area contributed by atoms with Crippen LogP contribution in [0, 0.1) is 17.3 Å². The predicted molar refractivity (Wildman–Crippen MR) is 98.3 cm³/mol. The number of rotatable bonds is 4. The largest absolute Gasteiger partial charge is 0.477 e. The highest BCUT2D eigenvalue weighted by Crippen LogP contribution is 2.30. The lowest BCUT2D eigenvalue weighted by molar-refractivity contribution is -0.133. The molecule has 136 valence electrons. The molecule has 1 aliphatic heterocycles. The lowest BCUT2D eigenvalue weighted by Crippen LogP contribution is -2.45. The van der Waals surface area contributed by atoms with Crippen molar-refractivity contribution in [1.82, 2.24) is 4.90 Å². The number of amides is 1. The molecule has 6 nitrogen and oxygen atoms in total. The SMILES string of the molecule is CN(CC(=O)N1CCOCC1)c1cc(C#CC(C)(C)C)sc1C(=O)O. The van der Waals surface area contributed by atoms with Gasteiger partial charge in [0.15, 0.2) is 0 Å². The van der Waals surface area contributed by atoms with Crippen LogP contribution in [0.4, 0.5) is 5.69 Å². The minimum atomic E-state index is -1.01. The van der Waals surface area contributed by atoms with Crippen molar-refractivity contribution in [2.75, 3.05) is 44.8 Å². The Bertz CT molecular complexity index is 703. The maximum Gasteiger partial charge on any atom is 0.348 e. The van der Waals surface area contributed by atoms with E-state index in [0.29, 0.717) is 36.9 Å². The molecule has 0 aromatic carbocycles. The number of carboxylic acids is 1. The van der Waals surface area contributed by atoms with Gasteiger partial charge in [-0.1, -0.05) is 11.8 Å². The van der Waals surface area contributed by atoms with Crippen molar-refractivity contribution in [3.05, 3.63) is 15.8 Å². The van der Waals surface area contributed by atoms with Crippen LogP contribution in [-0.4, -0.2) is 61.8 Å². The van der Waals surface area contributed by atoms with Gasteiger partial charge in [-0.25, -0.2) is 4.79 Å². The quantitative estimate of drug-likeness (QED) is 0.829. The van der Waals surface area contributed by atoms with Gasteiger partial charge in [0.2, 0.25) is 5.91 Å². The molecule has 1 fully saturated rings. The van der Waals surface area contributed by atoms with Gasteiger partial charge in [0.25, 0.3) is 0 Å². The summed E-state index contributed by atoms with van der Waals surface area (Å²) in [4.78, 5) is 28.3. The number of ether oxygens (including phenoxy) is 1. The number of hydrogen-bond donors (Lipinski definition) is 1. The standard InChI is InChI=1S/C18H24N2O4S/c1-18(2,3)6-5-13-11-14(16(25-13)17(22)23)19(4)12-15(21)20-7-9-24-10-8-20/h11H,7-10,12H2,1-4H3,(H,22,23). The van der Waals surface area contributed by atoms with Crippen molar-refractivity contribution in [1.29, 1.82) is 0 Å². The highest BCUT2D eigenvalue weighted by molar-refractivity contribution is 7.15. The van der Waals surface area contributed by atoms with Crippen LogP contribution in [0.1, 0.15) is 35.3 Å². The zero-order valence-corrected chi connectivity index (χ0v) is 15.9. The first-order valence-electron chi connectivity index (χ1n) is 8.14. The maximum absolute atomic E-state index is 12.4. The van der Waals surface area contributed by atoms with Crippen molar-refractivity contribution in [3.63, 3.8) is 0 Å². The highest BCUT2D eigenvalue weighted by Gasteiger charge is 2.23. The van der Waals surface area contributed by atoms with Gasteiger partial charge in [0.1, 0.15) is 4.88 Å². The first-order chi connectivity index (χ1) is 11.7. The molecule has 1 saturated heterocycles. The second-order valence-corrected chi connectivity index (χ2v) is 8.03. The average molecular weight is 364 g/mol. The zero-order valence-electron chi connectivity index (χ0n) is 15.1. The van der Waals surface area contributed by atoms with E-state index < -0.39 is 5.97 Å². The summed E-state index contributed by atoms with van der Waals surface area (Å²) in [5.41, 5.74) is 0.364. The van der Waals surface area contributed by atoms with Gasteiger partial charge in [-0.15, -0.1) is 11.3 Å². The Kier molecular flexibility index (Phi) is 6.09. The highest BCUT2D eigenvalue weighted by atomic mass is 32.1. The van der Waals surface area contributed by atoms with E-state index in [0.717, 1.165) is 11.3 Å². The van der Waals surface area contributed by atoms with Crippen LogP contribution in [0.15, 0.2) is 6.07 Å². The van der Waals surface area contributed by atoms with Gasteiger partial charge >= 0.3 is 5.97 Å². The Balaban J connectivity index is 2.17. The van der Waals surface area contributed by atoms with Crippen molar-refractivity contribution in [3.8, 4) is 11.8 Å². The summed E-state index contributed by atoms with van der Waals surface area (Å²) in [6, 6.07) is 1.75. The Hall–Kier alpha value is -2.04. The Labute approximate surface area is 152 Å². The fraction of sp³-hybridized carbons (Fsp3) is 0.556. The Morgan fingerprint density at radius 3 is 2.56 bits per heavy atom. The van der Waals surface area contributed by atoms with Crippen LogP contribution >= 0.6 is 11.3 Å². The van der Waals surface area contributed by atoms with Crippen LogP contribution < -0.4 is 4.90 Å². The number of hydrogen-bond acceptors (Lipinski definition) is 5. The molecule has 0 aliphatic carbocycles. The molecule has 7 heteroatoms. The predicted octanol–water partition coefficient (Wildman–Crippen LogP) is 2.14. The fourth-order valence-corrected chi connectivity index (χ4v) is 3.23. The van der Waals surface area contributed by atoms with E-state index in [2.05, 4.69) is 11.8 Å². The molecule has 0 radical (unpaired) electrons. The molecule has 2 heterocycles. The van der Waals surface area contributed by atoms with E-state index in [-0.39, 0.29) is 22.7 Å². The van der Waals surface area contributed by atoms with Crippen molar-refractivity contribution in [2.24, 2.45) is 5.41 Å². The van der Waals surface area contributed by atoms with E-state index in [1.54, 1.807) is 22.9 Å². The molecule has 0 bridgehead atoms. The van der Waals surface area contributed by atoms with Gasteiger partial charge in [-0.2, -0.15) is 0 Å². The second-order valence-electron chi connectivity index (χ2n) is 6.98. The monoisotopic (exact) mass is 364 g/mol. The summed E-state index contributed by atoms with van der Waals surface area (Å²) in [5, 5.41) is 9.46. The topological polar surface area (TPSA) is 70.1 Å². The van der Waals surface area contributed by atoms with Crippen molar-refractivity contribution >= 4 is 28.9 Å². The Morgan fingerprint density at radius 2 is 2.00 bits per heavy atom. The summed E-state index contributed by atoms with van der Waals surface area (Å²) >= 11 is 1.14. The molecule has 0 saturated carbocycles. The summed E-state index contributed by atoms with van der Waals surface area (Å²) < 4.78 is 5.25. The summed E-state index contributed by atoms with van der Waals surface area (Å²) in [6.07, 6.45) is 0. The molecule has 0 spiro atoms. The number of anilines is 1. The summed E-state index contributed by atoms with van der Waals surface area (Å²) in [6.45, 7) is 8.36. The van der Waals surface area contributed by atoms with Crippen molar-refractivity contribution in [2.45, 2.75) is 20.8 Å². The zero-order chi connectivity index (χ0) is 18.6. The van der Waals surface area contributed by atoms with Crippen LogP contribution in [0.3, 0.4) is 0 Å². The lowest BCUT2D eigenvalue weighted by Gasteiger charge is -2.29. The molecule has 2 rings (SSSR count). The number of carbonyl (C=O) groups excluding carboxylic acids is 1. The number of carboxylic acid groups (broad SMARTS) is 1. The lowest BCUT2D eigenvalue weighted by atomic mass is 9.98. The molecule has 1 aromatic heterocycles. The molecule has 1 aromatic rings. The van der Waals surface area contributed by atoms with Crippen LogP contribution in [0.2, 0.25) is 0 Å². The molecular formula is C18H24N2O4S. The van der Waals surface area contributed by atoms with E-state index >= 15 is 0 Å². The fourth-order valence-electron chi connectivity index (χ4n) is 2.33. The average Bonchev–Trinajstić information content (AvgIpc) is 2.98. The van der Waals surface area contributed by atoms with Crippen molar-refractivity contribution < 1.29 is 19.4 Å². The molecule has 1 amide bonds. The van der Waals surface area contributed by atoms with Gasteiger partial charge < -0.3 is 19.6 Å². The number of likely N-dealkylation sites (N-methyl/N-ethyl adjacent to an activating group) is 1. The second kappa shape index (κ2) is 7.89. The van der Waals surface area contributed by atoms with Gasteiger partial charge in [-0.05, 0) is 26.8 Å².